The Morgan fingerprint density at radius 2 is 2.05 bits per heavy atom. The Morgan fingerprint density at radius 1 is 1.37 bits per heavy atom. The highest BCUT2D eigenvalue weighted by molar-refractivity contribution is 7.94. The topological polar surface area (TPSA) is 72.5 Å². The number of benzene rings is 1. The van der Waals surface area contributed by atoms with Crippen molar-refractivity contribution >= 4 is 21.5 Å². The third-order valence-electron chi connectivity index (χ3n) is 2.68. The number of carbonyl (C=O) groups excluding carboxylic acids is 1. The van der Waals surface area contributed by atoms with Crippen LogP contribution in [-0.2, 0) is 14.6 Å². The van der Waals surface area contributed by atoms with E-state index in [1.54, 1.807) is 37.3 Å². The summed E-state index contributed by atoms with van der Waals surface area (Å²) in [5, 5.41) is 4.30. The van der Waals surface area contributed by atoms with Crippen LogP contribution >= 0.6 is 0 Å². The summed E-state index contributed by atoms with van der Waals surface area (Å²) in [5.74, 6) is -0.301. The Balaban J connectivity index is 2.00. The molecule has 0 saturated carbocycles. The second-order valence-corrected chi connectivity index (χ2v) is 6.14. The van der Waals surface area contributed by atoms with Crippen LogP contribution in [0.15, 0.2) is 35.7 Å². The molecule has 2 rings (SSSR count). The van der Waals surface area contributed by atoms with Gasteiger partial charge in [-0.05, 0) is 31.2 Å². The summed E-state index contributed by atoms with van der Waals surface area (Å²) in [4.78, 5) is 11.5. The first-order valence-corrected chi connectivity index (χ1v) is 7.66. The van der Waals surface area contributed by atoms with Crippen molar-refractivity contribution in [2.75, 3.05) is 17.7 Å². The molecule has 0 unspecified atom stereocenters. The van der Waals surface area contributed by atoms with E-state index in [9.17, 15) is 13.2 Å². The number of carbonyl (C=O) groups is 1. The Bertz CT molecular complexity index is 590. The van der Waals surface area contributed by atoms with Crippen molar-refractivity contribution in [1.82, 2.24) is 0 Å². The molecular formula is C13H15NO4S. The fraction of sp³-hybridized carbons (Fsp3) is 0.308. The van der Waals surface area contributed by atoms with E-state index in [1.807, 2.05) is 0 Å². The van der Waals surface area contributed by atoms with Crippen LogP contribution in [-0.4, -0.2) is 32.8 Å². The van der Waals surface area contributed by atoms with Crippen molar-refractivity contribution in [3.8, 4) is 0 Å². The maximum Gasteiger partial charge on any atom is 0.338 e. The summed E-state index contributed by atoms with van der Waals surface area (Å²) >= 11 is 0. The molecule has 0 fully saturated rings. The summed E-state index contributed by atoms with van der Waals surface area (Å²) in [5.41, 5.74) is 1.24. The second-order valence-electron chi connectivity index (χ2n) is 4.21. The minimum Gasteiger partial charge on any atom is -0.462 e. The quantitative estimate of drug-likeness (QED) is 0.848. The molecular weight excluding hydrogens is 266 g/mol. The van der Waals surface area contributed by atoms with Crippen LogP contribution in [0.2, 0.25) is 0 Å². The highest BCUT2D eigenvalue weighted by atomic mass is 32.2. The minimum absolute atomic E-state index is 0.0621. The first-order chi connectivity index (χ1) is 9.00. The van der Waals surface area contributed by atoms with E-state index < -0.39 is 9.84 Å². The highest BCUT2D eigenvalue weighted by Gasteiger charge is 2.21. The van der Waals surface area contributed by atoms with Gasteiger partial charge in [0, 0.05) is 11.1 Å². The van der Waals surface area contributed by atoms with Crippen molar-refractivity contribution in [3.63, 3.8) is 0 Å². The van der Waals surface area contributed by atoms with Crippen LogP contribution in [0.5, 0.6) is 0 Å². The van der Waals surface area contributed by atoms with Gasteiger partial charge >= 0.3 is 5.97 Å². The summed E-state index contributed by atoms with van der Waals surface area (Å²) < 4.78 is 27.4. The Labute approximate surface area is 112 Å². The van der Waals surface area contributed by atoms with Gasteiger partial charge < -0.3 is 10.1 Å². The number of hydrogen-bond acceptors (Lipinski definition) is 5. The standard InChI is InChI=1S/C13H15NO4S/c1-2-18-13(15)10-3-5-11(6-4-10)14-12-7-8-19(16,17)9-12/h3-8,12,14H,2,9H2,1H3/t12-/m1/s1. The summed E-state index contributed by atoms with van der Waals surface area (Å²) in [6, 6.07) is 6.52. The summed E-state index contributed by atoms with van der Waals surface area (Å²) in [6.07, 6.45) is 1.62. The molecule has 0 spiro atoms. The van der Waals surface area contributed by atoms with Gasteiger partial charge in [-0.15, -0.1) is 0 Å². The number of hydrogen-bond donors (Lipinski definition) is 1. The molecule has 102 valence electrons. The van der Waals surface area contributed by atoms with Gasteiger partial charge in [-0.2, -0.15) is 0 Å². The smallest absolute Gasteiger partial charge is 0.338 e. The molecule has 6 heteroatoms. The molecule has 1 aliphatic heterocycles. The fourth-order valence-electron chi connectivity index (χ4n) is 1.80. The molecule has 0 bridgehead atoms. The molecule has 0 aliphatic carbocycles. The molecule has 5 nitrogen and oxygen atoms in total. The number of nitrogens with one attached hydrogen (secondary N) is 1. The predicted molar refractivity (Wildman–Crippen MR) is 72.7 cm³/mol. The van der Waals surface area contributed by atoms with E-state index in [1.165, 1.54) is 5.41 Å². The van der Waals surface area contributed by atoms with Crippen LogP contribution in [0.4, 0.5) is 5.69 Å². The van der Waals surface area contributed by atoms with Crippen LogP contribution in [0.25, 0.3) is 0 Å². The lowest BCUT2D eigenvalue weighted by Crippen LogP contribution is -2.20. The lowest BCUT2D eigenvalue weighted by Gasteiger charge is -2.11. The molecule has 0 amide bonds. The maximum absolute atomic E-state index is 11.5. The van der Waals surface area contributed by atoms with Crippen molar-refractivity contribution < 1.29 is 17.9 Å². The van der Waals surface area contributed by atoms with Crippen LogP contribution in [0.1, 0.15) is 17.3 Å². The van der Waals surface area contributed by atoms with Crippen molar-refractivity contribution in [2.24, 2.45) is 0 Å². The molecule has 1 aromatic carbocycles. The average molecular weight is 281 g/mol. The fourth-order valence-corrected chi connectivity index (χ4v) is 3.03. The van der Waals surface area contributed by atoms with Crippen LogP contribution in [0, 0.1) is 0 Å². The third-order valence-corrected chi connectivity index (χ3v) is 4.07. The molecule has 19 heavy (non-hydrogen) atoms. The third kappa shape index (κ3) is 3.57. The van der Waals surface area contributed by atoms with Gasteiger partial charge in [0.2, 0.25) is 0 Å². The lowest BCUT2D eigenvalue weighted by molar-refractivity contribution is 0.0526. The number of rotatable bonds is 4. The maximum atomic E-state index is 11.5. The van der Waals surface area contributed by atoms with Crippen LogP contribution in [0.3, 0.4) is 0 Å². The van der Waals surface area contributed by atoms with E-state index in [0.717, 1.165) is 5.69 Å². The number of ether oxygens (including phenoxy) is 1. The molecule has 0 radical (unpaired) electrons. The molecule has 0 aromatic heterocycles. The van der Waals surface area contributed by atoms with Crippen molar-refractivity contribution in [1.29, 1.82) is 0 Å². The molecule has 1 atom stereocenters. The normalized spacial score (nSPS) is 20.2. The van der Waals surface area contributed by atoms with Gasteiger partial charge in [-0.1, -0.05) is 6.08 Å². The van der Waals surface area contributed by atoms with Gasteiger partial charge in [0.25, 0.3) is 0 Å². The zero-order valence-corrected chi connectivity index (χ0v) is 11.3. The second kappa shape index (κ2) is 5.44. The van der Waals surface area contributed by atoms with Gasteiger partial charge in [-0.25, -0.2) is 13.2 Å². The van der Waals surface area contributed by atoms with E-state index >= 15 is 0 Å². The number of esters is 1. The molecule has 1 N–H and O–H groups in total. The number of sulfone groups is 1. The predicted octanol–water partition coefficient (Wildman–Crippen LogP) is 1.59. The van der Waals surface area contributed by atoms with Crippen LogP contribution < -0.4 is 5.32 Å². The monoisotopic (exact) mass is 281 g/mol. The molecule has 1 aromatic rings. The van der Waals surface area contributed by atoms with Crippen molar-refractivity contribution in [3.05, 3.63) is 41.3 Å². The lowest BCUT2D eigenvalue weighted by atomic mass is 10.2. The minimum atomic E-state index is -3.06. The largest absolute Gasteiger partial charge is 0.462 e. The summed E-state index contributed by atoms with van der Waals surface area (Å²) in [7, 11) is -3.06. The van der Waals surface area contributed by atoms with Gasteiger partial charge in [0.1, 0.15) is 0 Å². The first-order valence-electron chi connectivity index (χ1n) is 5.95. The Hall–Kier alpha value is -1.82. The van der Waals surface area contributed by atoms with E-state index in [0.29, 0.717) is 12.2 Å². The van der Waals surface area contributed by atoms with E-state index in [2.05, 4.69) is 5.32 Å². The summed E-state index contributed by atoms with van der Waals surface area (Å²) in [6.45, 7) is 2.09. The van der Waals surface area contributed by atoms with Gasteiger partial charge in [0.05, 0.1) is 24.0 Å². The Morgan fingerprint density at radius 3 is 2.58 bits per heavy atom. The molecule has 0 saturated heterocycles. The average Bonchev–Trinajstić information content (AvgIpc) is 2.70. The van der Waals surface area contributed by atoms with Crippen molar-refractivity contribution in [2.45, 2.75) is 13.0 Å². The molecule has 1 heterocycles. The van der Waals surface area contributed by atoms with E-state index in [4.69, 9.17) is 4.74 Å². The van der Waals surface area contributed by atoms with Gasteiger partial charge in [0.15, 0.2) is 9.84 Å². The zero-order chi connectivity index (χ0) is 13.9. The highest BCUT2D eigenvalue weighted by Crippen LogP contribution is 2.16. The SMILES string of the molecule is CCOC(=O)c1ccc(N[C@@H]2C=CS(=O)(=O)C2)cc1. The first kappa shape index (κ1) is 13.6. The van der Waals surface area contributed by atoms with Gasteiger partial charge in [-0.3, -0.25) is 0 Å². The van der Waals surface area contributed by atoms with E-state index in [-0.39, 0.29) is 17.8 Å². The number of anilines is 1. The zero-order valence-electron chi connectivity index (χ0n) is 10.5. The molecule has 1 aliphatic rings. The Kier molecular flexibility index (Phi) is 3.90.